The van der Waals surface area contributed by atoms with Crippen LogP contribution in [0.2, 0.25) is 0 Å². The topological polar surface area (TPSA) is 85.7 Å². The molecule has 1 atom stereocenters. The van der Waals surface area contributed by atoms with Crippen LogP contribution in [0.5, 0.6) is 0 Å². The van der Waals surface area contributed by atoms with Crippen molar-refractivity contribution < 1.29 is 19.1 Å². The molecule has 2 aliphatic rings. The van der Waals surface area contributed by atoms with Gasteiger partial charge in [0.2, 0.25) is 11.8 Å². The third kappa shape index (κ3) is 4.38. The van der Waals surface area contributed by atoms with Crippen LogP contribution in [0.15, 0.2) is 12.3 Å². The molecule has 3 heterocycles. The first-order valence-electron chi connectivity index (χ1n) is 8.92. The van der Waals surface area contributed by atoms with Crippen molar-refractivity contribution in [2.75, 3.05) is 39.5 Å². The minimum Gasteiger partial charge on any atom is -0.381 e. The first-order valence-corrected chi connectivity index (χ1v) is 8.92. The molecule has 1 saturated heterocycles. The Morgan fingerprint density at radius 2 is 2.20 bits per heavy atom. The van der Waals surface area contributed by atoms with Crippen LogP contribution in [0.4, 0.5) is 0 Å². The Morgan fingerprint density at radius 3 is 2.96 bits per heavy atom. The van der Waals surface area contributed by atoms with Crippen LogP contribution >= 0.6 is 0 Å². The standard InChI is InChI=1S/C17H26N4O4/c1-2-24-12-16(22)20-10-14-3-6-19-21(14)15(11-20)17(23)18-9-13-4-7-25-8-5-13/h3,6,13,15H,2,4-5,7-12H2,1H3,(H,18,23)/t15-/m0/s1. The molecule has 0 aliphatic carbocycles. The van der Waals surface area contributed by atoms with Crippen LogP contribution < -0.4 is 5.32 Å². The van der Waals surface area contributed by atoms with Gasteiger partial charge in [-0.1, -0.05) is 0 Å². The highest BCUT2D eigenvalue weighted by molar-refractivity contribution is 5.83. The summed E-state index contributed by atoms with van der Waals surface area (Å²) in [5.74, 6) is 0.260. The normalized spacial score (nSPS) is 21.0. The van der Waals surface area contributed by atoms with Crippen LogP contribution in [-0.4, -0.2) is 66.0 Å². The fourth-order valence-corrected chi connectivity index (χ4v) is 3.27. The molecule has 0 radical (unpaired) electrons. The maximum absolute atomic E-state index is 12.7. The molecular formula is C17H26N4O4. The van der Waals surface area contributed by atoms with Gasteiger partial charge in [0.15, 0.2) is 0 Å². The summed E-state index contributed by atoms with van der Waals surface area (Å²) < 4.78 is 12.3. The van der Waals surface area contributed by atoms with Gasteiger partial charge in [0.25, 0.3) is 0 Å². The maximum atomic E-state index is 12.7. The Morgan fingerprint density at radius 1 is 1.40 bits per heavy atom. The second kappa shape index (κ2) is 8.44. The smallest absolute Gasteiger partial charge is 0.249 e. The molecule has 25 heavy (non-hydrogen) atoms. The van der Waals surface area contributed by atoms with E-state index in [-0.39, 0.29) is 18.4 Å². The lowest BCUT2D eigenvalue weighted by atomic mass is 10.0. The lowest BCUT2D eigenvalue weighted by Crippen LogP contribution is -2.48. The van der Waals surface area contributed by atoms with Crippen LogP contribution in [0.3, 0.4) is 0 Å². The quantitative estimate of drug-likeness (QED) is 0.800. The average molecular weight is 350 g/mol. The maximum Gasteiger partial charge on any atom is 0.249 e. The first-order chi connectivity index (χ1) is 12.2. The molecule has 1 aromatic rings. The molecule has 1 N–H and O–H groups in total. The molecule has 0 bridgehead atoms. The molecule has 0 aromatic carbocycles. The predicted octanol–water partition coefficient (Wildman–Crippen LogP) is 0.346. The van der Waals surface area contributed by atoms with Crippen molar-refractivity contribution >= 4 is 11.8 Å². The highest BCUT2D eigenvalue weighted by Gasteiger charge is 2.33. The van der Waals surface area contributed by atoms with Crippen molar-refractivity contribution in [3.05, 3.63) is 18.0 Å². The molecule has 3 rings (SSSR count). The van der Waals surface area contributed by atoms with E-state index >= 15 is 0 Å². The van der Waals surface area contributed by atoms with Gasteiger partial charge in [0, 0.05) is 32.6 Å². The summed E-state index contributed by atoms with van der Waals surface area (Å²) in [6.45, 7) is 5.32. The zero-order valence-electron chi connectivity index (χ0n) is 14.6. The molecule has 0 saturated carbocycles. The fourth-order valence-electron chi connectivity index (χ4n) is 3.27. The van der Waals surface area contributed by atoms with Gasteiger partial charge in [0.1, 0.15) is 12.6 Å². The van der Waals surface area contributed by atoms with Gasteiger partial charge in [-0.05, 0) is 31.7 Å². The van der Waals surface area contributed by atoms with Crippen LogP contribution in [-0.2, 0) is 25.6 Å². The van der Waals surface area contributed by atoms with Crippen molar-refractivity contribution in [1.82, 2.24) is 20.0 Å². The van der Waals surface area contributed by atoms with Gasteiger partial charge in [-0.25, -0.2) is 0 Å². The monoisotopic (exact) mass is 350 g/mol. The predicted molar refractivity (Wildman–Crippen MR) is 89.7 cm³/mol. The number of carbonyl (C=O) groups excluding carboxylic acids is 2. The average Bonchev–Trinajstić information content (AvgIpc) is 3.12. The minimum atomic E-state index is -0.496. The lowest BCUT2D eigenvalue weighted by Gasteiger charge is -2.33. The summed E-state index contributed by atoms with van der Waals surface area (Å²) in [5.41, 5.74) is 0.863. The zero-order chi connectivity index (χ0) is 17.6. The Bertz CT molecular complexity index is 597. The van der Waals surface area contributed by atoms with E-state index in [4.69, 9.17) is 9.47 Å². The third-order valence-corrected chi connectivity index (χ3v) is 4.78. The van der Waals surface area contributed by atoms with Crippen molar-refractivity contribution in [3.63, 3.8) is 0 Å². The molecule has 1 fully saturated rings. The number of aromatic nitrogens is 2. The van der Waals surface area contributed by atoms with E-state index in [2.05, 4.69) is 10.4 Å². The second-order valence-electron chi connectivity index (χ2n) is 6.50. The van der Waals surface area contributed by atoms with E-state index in [1.165, 1.54) is 0 Å². The van der Waals surface area contributed by atoms with Gasteiger partial charge in [-0.2, -0.15) is 5.10 Å². The number of nitrogens with one attached hydrogen (secondary N) is 1. The Labute approximate surface area is 147 Å². The summed E-state index contributed by atoms with van der Waals surface area (Å²) in [4.78, 5) is 26.7. The first kappa shape index (κ1) is 17.9. The summed E-state index contributed by atoms with van der Waals surface area (Å²) in [7, 11) is 0. The number of hydrogen-bond donors (Lipinski definition) is 1. The molecule has 8 heteroatoms. The lowest BCUT2D eigenvalue weighted by molar-refractivity contribution is -0.139. The Hall–Kier alpha value is -1.93. The summed E-state index contributed by atoms with van der Waals surface area (Å²) in [6, 6.07) is 1.35. The van der Waals surface area contributed by atoms with Crippen LogP contribution in [0.1, 0.15) is 31.5 Å². The molecule has 0 spiro atoms. The Balaban J connectivity index is 1.62. The van der Waals surface area contributed by atoms with Gasteiger partial charge >= 0.3 is 0 Å². The van der Waals surface area contributed by atoms with Crippen molar-refractivity contribution in [2.24, 2.45) is 5.92 Å². The van der Waals surface area contributed by atoms with Crippen molar-refractivity contribution in [3.8, 4) is 0 Å². The van der Waals surface area contributed by atoms with E-state index in [1.807, 2.05) is 13.0 Å². The van der Waals surface area contributed by atoms with Crippen LogP contribution in [0, 0.1) is 5.92 Å². The molecule has 2 aliphatic heterocycles. The molecule has 0 unspecified atom stereocenters. The van der Waals surface area contributed by atoms with Gasteiger partial charge in [-0.15, -0.1) is 0 Å². The zero-order valence-corrected chi connectivity index (χ0v) is 14.6. The number of fused-ring (bicyclic) bond motifs is 1. The number of hydrogen-bond acceptors (Lipinski definition) is 5. The van der Waals surface area contributed by atoms with Crippen LogP contribution in [0.25, 0.3) is 0 Å². The summed E-state index contributed by atoms with van der Waals surface area (Å²) in [5, 5.41) is 7.31. The molecule has 138 valence electrons. The number of rotatable bonds is 6. The molecule has 8 nitrogen and oxygen atoms in total. The Kier molecular flexibility index (Phi) is 6.04. The van der Waals surface area contributed by atoms with E-state index in [0.29, 0.717) is 32.2 Å². The number of nitrogens with zero attached hydrogens (tertiary/aromatic N) is 3. The van der Waals surface area contributed by atoms with Crippen molar-refractivity contribution in [2.45, 2.75) is 32.4 Å². The molecule has 2 amide bonds. The van der Waals surface area contributed by atoms with E-state index in [9.17, 15) is 9.59 Å². The van der Waals surface area contributed by atoms with Gasteiger partial charge < -0.3 is 19.7 Å². The summed E-state index contributed by atoms with van der Waals surface area (Å²) >= 11 is 0. The van der Waals surface area contributed by atoms with Crippen molar-refractivity contribution in [1.29, 1.82) is 0 Å². The second-order valence-corrected chi connectivity index (χ2v) is 6.50. The fraction of sp³-hybridized carbons (Fsp3) is 0.706. The highest BCUT2D eigenvalue weighted by atomic mass is 16.5. The number of ether oxygens (including phenoxy) is 2. The molecule has 1 aromatic heterocycles. The van der Waals surface area contributed by atoms with E-state index in [1.54, 1.807) is 15.8 Å². The third-order valence-electron chi connectivity index (χ3n) is 4.78. The SMILES string of the molecule is CCOCC(=O)N1Cc2ccnn2[C@H](C(=O)NCC2CCOCC2)C1. The number of carbonyl (C=O) groups is 2. The van der Waals surface area contributed by atoms with E-state index < -0.39 is 6.04 Å². The van der Waals surface area contributed by atoms with E-state index in [0.717, 1.165) is 31.7 Å². The molecular weight excluding hydrogens is 324 g/mol. The highest BCUT2D eigenvalue weighted by Crippen LogP contribution is 2.21. The summed E-state index contributed by atoms with van der Waals surface area (Å²) in [6.07, 6.45) is 3.61. The largest absolute Gasteiger partial charge is 0.381 e. The van der Waals surface area contributed by atoms with Gasteiger partial charge in [0.05, 0.1) is 18.8 Å². The minimum absolute atomic E-state index is 0.0427. The number of amides is 2. The van der Waals surface area contributed by atoms with Gasteiger partial charge in [-0.3, -0.25) is 14.3 Å².